The van der Waals surface area contributed by atoms with Crippen molar-refractivity contribution in [2.75, 3.05) is 18.5 Å². The van der Waals surface area contributed by atoms with E-state index >= 15 is 0 Å². The molecule has 0 radical (unpaired) electrons. The molecule has 23 heavy (non-hydrogen) atoms. The number of nitrogens with zero attached hydrogens (tertiary/aromatic N) is 6. The topological polar surface area (TPSA) is 70.1 Å². The summed E-state index contributed by atoms with van der Waals surface area (Å²) in [5, 5.41) is 21.7. The lowest BCUT2D eigenvalue weighted by molar-refractivity contribution is 0.628. The molecular formula is C16H15FN6. The van der Waals surface area contributed by atoms with E-state index in [1.807, 2.05) is 31.0 Å². The summed E-state index contributed by atoms with van der Waals surface area (Å²) < 4.78 is 14.7. The Kier molecular flexibility index (Phi) is 3.89. The van der Waals surface area contributed by atoms with Gasteiger partial charge in [0.2, 0.25) is 0 Å². The van der Waals surface area contributed by atoms with Crippen molar-refractivity contribution in [2.45, 2.75) is 6.92 Å². The fourth-order valence-corrected chi connectivity index (χ4v) is 2.31. The summed E-state index contributed by atoms with van der Waals surface area (Å²) >= 11 is 0. The first-order valence-electron chi connectivity index (χ1n) is 7.17. The van der Waals surface area contributed by atoms with E-state index in [4.69, 9.17) is 5.26 Å². The molecule has 3 aromatic rings. The van der Waals surface area contributed by atoms with Crippen molar-refractivity contribution >= 4 is 11.5 Å². The van der Waals surface area contributed by atoms with Crippen molar-refractivity contribution in [1.82, 2.24) is 19.8 Å². The number of nitriles is 1. The van der Waals surface area contributed by atoms with Crippen LogP contribution in [0.5, 0.6) is 0 Å². The van der Waals surface area contributed by atoms with Gasteiger partial charge in [0, 0.05) is 19.2 Å². The molecule has 0 spiro atoms. The van der Waals surface area contributed by atoms with Crippen LogP contribution >= 0.6 is 0 Å². The third-order valence-electron chi connectivity index (χ3n) is 3.51. The Morgan fingerprint density at radius 2 is 1.96 bits per heavy atom. The molecule has 1 unspecified atom stereocenters. The minimum Gasteiger partial charge on any atom is -0.357 e. The number of halogens is 1. The van der Waals surface area contributed by atoms with Crippen LogP contribution in [0, 0.1) is 23.1 Å². The number of hydrogen-bond donors (Lipinski definition) is 0. The molecule has 1 atom stereocenters. The second-order valence-electron chi connectivity index (χ2n) is 5.40. The molecule has 116 valence electrons. The Hall–Kier alpha value is -3.01. The van der Waals surface area contributed by atoms with Crippen LogP contribution in [0.15, 0.2) is 36.4 Å². The molecule has 2 heterocycles. The molecule has 0 saturated heterocycles. The third-order valence-corrected chi connectivity index (χ3v) is 3.51. The van der Waals surface area contributed by atoms with Crippen LogP contribution in [-0.4, -0.2) is 33.4 Å². The SMILES string of the molecule is CC(C#N)CN(C)c1ccc2nnc(-c3ccc(F)cc3)n2n1. The molecular weight excluding hydrogens is 295 g/mol. The summed E-state index contributed by atoms with van der Waals surface area (Å²) in [6.07, 6.45) is 0. The maximum atomic E-state index is 13.1. The van der Waals surface area contributed by atoms with E-state index in [1.165, 1.54) is 12.1 Å². The van der Waals surface area contributed by atoms with E-state index in [-0.39, 0.29) is 11.7 Å². The molecule has 0 aliphatic heterocycles. The summed E-state index contributed by atoms with van der Waals surface area (Å²) in [6, 6.07) is 11.9. The van der Waals surface area contributed by atoms with Crippen molar-refractivity contribution < 1.29 is 4.39 Å². The Morgan fingerprint density at radius 3 is 2.65 bits per heavy atom. The van der Waals surface area contributed by atoms with Crippen molar-refractivity contribution in [2.24, 2.45) is 5.92 Å². The van der Waals surface area contributed by atoms with Gasteiger partial charge in [-0.15, -0.1) is 15.3 Å². The van der Waals surface area contributed by atoms with E-state index in [1.54, 1.807) is 16.6 Å². The summed E-state index contributed by atoms with van der Waals surface area (Å²) in [6.45, 7) is 2.43. The van der Waals surface area contributed by atoms with Crippen molar-refractivity contribution in [3.8, 4) is 17.5 Å². The van der Waals surface area contributed by atoms with Gasteiger partial charge in [0.25, 0.3) is 0 Å². The zero-order valence-electron chi connectivity index (χ0n) is 12.8. The minimum absolute atomic E-state index is 0.102. The number of fused-ring (bicyclic) bond motifs is 1. The van der Waals surface area contributed by atoms with E-state index in [0.29, 0.717) is 23.8 Å². The van der Waals surface area contributed by atoms with Crippen LogP contribution < -0.4 is 4.90 Å². The van der Waals surface area contributed by atoms with Crippen LogP contribution in [-0.2, 0) is 0 Å². The second kappa shape index (κ2) is 6.01. The predicted molar refractivity (Wildman–Crippen MR) is 84.2 cm³/mol. The molecule has 0 fully saturated rings. The maximum absolute atomic E-state index is 13.1. The molecule has 3 rings (SSSR count). The number of rotatable bonds is 4. The predicted octanol–water partition coefficient (Wildman–Crippen LogP) is 2.53. The highest BCUT2D eigenvalue weighted by molar-refractivity contribution is 5.59. The molecule has 0 aliphatic rings. The van der Waals surface area contributed by atoms with Crippen LogP contribution in [0.3, 0.4) is 0 Å². The molecule has 0 aliphatic carbocycles. The fraction of sp³-hybridized carbons (Fsp3) is 0.250. The van der Waals surface area contributed by atoms with Crippen LogP contribution in [0.2, 0.25) is 0 Å². The average molecular weight is 310 g/mol. The Bertz CT molecular complexity index is 864. The molecule has 0 saturated carbocycles. The van der Waals surface area contributed by atoms with Crippen LogP contribution in [0.25, 0.3) is 17.0 Å². The van der Waals surface area contributed by atoms with Gasteiger partial charge in [0.1, 0.15) is 11.6 Å². The summed E-state index contributed by atoms with van der Waals surface area (Å²) in [4.78, 5) is 1.90. The molecule has 0 bridgehead atoms. The average Bonchev–Trinajstić information content (AvgIpc) is 2.98. The Morgan fingerprint density at radius 1 is 1.22 bits per heavy atom. The molecule has 7 heteroatoms. The van der Waals surface area contributed by atoms with Crippen molar-refractivity contribution in [3.63, 3.8) is 0 Å². The Balaban J connectivity index is 2.00. The second-order valence-corrected chi connectivity index (χ2v) is 5.40. The Labute approximate surface area is 132 Å². The van der Waals surface area contributed by atoms with Crippen LogP contribution in [0.1, 0.15) is 6.92 Å². The number of anilines is 1. The van der Waals surface area contributed by atoms with Gasteiger partial charge in [-0.1, -0.05) is 0 Å². The largest absolute Gasteiger partial charge is 0.357 e. The van der Waals surface area contributed by atoms with E-state index in [9.17, 15) is 4.39 Å². The third kappa shape index (κ3) is 2.97. The summed E-state index contributed by atoms with van der Waals surface area (Å²) in [7, 11) is 1.88. The summed E-state index contributed by atoms with van der Waals surface area (Å²) in [5.41, 5.74) is 1.34. The lowest BCUT2D eigenvalue weighted by atomic mass is 10.2. The number of benzene rings is 1. The van der Waals surface area contributed by atoms with Gasteiger partial charge in [-0.3, -0.25) is 0 Å². The molecule has 6 nitrogen and oxygen atoms in total. The molecule has 0 amide bonds. The van der Waals surface area contributed by atoms with Gasteiger partial charge in [0.15, 0.2) is 11.5 Å². The number of hydrogen-bond acceptors (Lipinski definition) is 5. The lowest BCUT2D eigenvalue weighted by Crippen LogP contribution is -2.24. The lowest BCUT2D eigenvalue weighted by Gasteiger charge is -2.19. The minimum atomic E-state index is -0.304. The normalized spacial score (nSPS) is 12.1. The van der Waals surface area contributed by atoms with Gasteiger partial charge < -0.3 is 4.90 Å². The highest BCUT2D eigenvalue weighted by Crippen LogP contribution is 2.20. The monoisotopic (exact) mass is 310 g/mol. The highest BCUT2D eigenvalue weighted by Gasteiger charge is 2.13. The van der Waals surface area contributed by atoms with Crippen molar-refractivity contribution in [3.05, 3.63) is 42.2 Å². The molecule has 1 aromatic carbocycles. The molecule has 0 N–H and O–H groups in total. The van der Waals surface area contributed by atoms with Crippen LogP contribution in [0.4, 0.5) is 10.2 Å². The van der Waals surface area contributed by atoms with Gasteiger partial charge in [0.05, 0.1) is 12.0 Å². The maximum Gasteiger partial charge on any atom is 0.185 e. The van der Waals surface area contributed by atoms with Gasteiger partial charge in [-0.2, -0.15) is 9.78 Å². The first kappa shape index (κ1) is 14.9. The first-order chi connectivity index (χ1) is 11.1. The first-order valence-corrected chi connectivity index (χ1v) is 7.17. The summed E-state index contributed by atoms with van der Waals surface area (Å²) in [5.74, 6) is 0.850. The molecule has 2 aromatic heterocycles. The highest BCUT2D eigenvalue weighted by atomic mass is 19.1. The van der Waals surface area contributed by atoms with E-state index in [2.05, 4.69) is 21.4 Å². The zero-order valence-corrected chi connectivity index (χ0v) is 12.8. The van der Waals surface area contributed by atoms with Gasteiger partial charge >= 0.3 is 0 Å². The zero-order chi connectivity index (χ0) is 16.4. The van der Waals surface area contributed by atoms with E-state index < -0.39 is 0 Å². The smallest absolute Gasteiger partial charge is 0.185 e. The standard InChI is InChI=1S/C16H15FN6/c1-11(9-18)10-22(2)15-8-7-14-19-20-16(23(14)21-15)12-3-5-13(17)6-4-12/h3-8,11H,10H2,1-2H3. The number of aromatic nitrogens is 4. The van der Waals surface area contributed by atoms with Gasteiger partial charge in [-0.25, -0.2) is 4.39 Å². The van der Waals surface area contributed by atoms with E-state index in [0.717, 1.165) is 5.56 Å². The van der Waals surface area contributed by atoms with Gasteiger partial charge in [-0.05, 0) is 43.3 Å². The van der Waals surface area contributed by atoms with Crippen molar-refractivity contribution in [1.29, 1.82) is 5.26 Å². The quantitative estimate of drug-likeness (QED) is 0.740. The fourth-order valence-electron chi connectivity index (χ4n) is 2.31.